The second-order valence-corrected chi connectivity index (χ2v) is 7.06. The summed E-state index contributed by atoms with van der Waals surface area (Å²) in [5.74, 6) is 0.225. The van der Waals surface area contributed by atoms with Crippen molar-refractivity contribution in [3.63, 3.8) is 0 Å². The van der Waals surface area contributed by atoms with Crippen molar-refractivity contribution in [3.05, 3.63) is 40.3 Å². The summed E-state index contributed by atoms with van der Waals surface area (Å²) in [6.07, 6.45) is 4.15. The van der Waals surface area contributed by atoms with E-state index in [1.54, 1.807) is 24.3 Å². The molecule has 0 unspecified atom stereocenters. The molecule has 0 radical (unpaired) electrons. The summed E-state index contributed by atoms with van der Waals surface area (Å²) in [5.41, 5.74) is 3.71. The molecule has 1 aromatic carbocycles. The lowest BCUT2D eigenvalue weighted by Gasteiger charge is -2.19. The maximum absolute atomic E-state index is 12.7. The first kappa shape index (κ1) is 17.3. The second kappa shape index (κ2) is 7.17. The molecule has 0 spiro atoms. The lowest BCUT2D eigenvalue weighted by Crippen LogP contribution is -2.30. The predicted molar refractivity (Wildman–Crippen MR) is 98.9 cm³/mol. The number of nitrogens with zero attached hydrogens (tertiary/aromatic N) is 3. The minimum Gasteiger partial charge on any atom is -0.267 e. The maximum atomic E-state index is 12.7. The number of hydrogen-bond donors (Lipinski definition) is 1. The summed E-state index contributed by atoms with van der Waals surface area (Å²) in [4.78, 5) is 25.2. The van der Waals surface area contributed by atoms with Gasteiger partial charge in [0.2, 0.25) is 0 Å². The van der Waals surface area contributed by atoms with Gasteiger partial charge in [-0.2, -0.15) is 10.2 Å². The van der Waals surface area contributed by atoms with Gasteiger partial charge in [0.25, 0.3) is 11.5 Å². The minimum absolute atomic E-state index is 0.130. The van der Waals surface area contributed by atoms with Crippen molar-refractivity contribution >= 4 is 22.4 Å². The van der Waals surface area contributed by atoms with E-state index in [2.05, 4.69) is 22.5 Å². The fourth-order valence-electron chi connectivity index (χ4n) is 3.27. The predicted octanol–water partition coefficient (Wildman–Crippen LogP) is 3.27. The molecule has 1 aromatic heterocycles. The Kier molecular flexibility index (Phi) is 4.97. The summed E-state index contributed by atoms with van der Waals surface area (Å²) in [6.45, 7) is 5.94. The third-order valence-corrected chi connectivity index (χ3v) is 4.59. The van der Waals surface area contributed by atoms with Gasteiger partial charge in [0.15, 0.2) is 5.69 Å². The van der Waals surface area contributed by atoms with E-state index in [1.165, 1.54) is 11.1 Å². The number of rotatable bonds is 3. The van der Waals surface area contributed by atoms with Gasteiger partial charge in [-0.25, -0.2) is 10.1 Å². The van der Waals surface area contributed by atoms with Crippen molar-refractivity contribution in [2.75, 3.05) is 0 Å². The van der Waals surface area contributed by atoms with Crippen molar-refractivity contribution in [2.24, 2.45) is 11.0 Å². The smallest absolute Gasteiger partial charge is 0.267 e. The normalized spacial score (nSPS) is 19.5. The van der Waals surface area contributed by atoms with Crippen LogP contribution >= 0.6 is 0 Å². The van der Waals surface area contributed by atoms with Crippen molar-refractivity contribution in [1.82, 2.24) is 15.2 Å². The zero-order valence-corrected chi connectivity index (χ0v) is 15.0. The van der Waals surface area contributed by atoms with Crippen LogP contribution in [0, 0.1) is 5.92 Å². The molecule has 0 saturated heterocycles. The number of amides is 1. The Bertz CT molecular complexity index is 883. The number of carbonyl (C=O) groups excluding carboxylic acids is 1. The molecule has 2 aromatic rings. The molecule has 1 saturated carbocycles. The average Bonchev–Trinajstić information content (AvgIpc) is 2.60. The third kappa shape index (κ3) is 3.62. The molecule has 6 heteroatoms. The molecule has 1 heterocycles. The van der Waals surface area contributed by atoms with Gasteiger partial charge in [-0.3, -0.25) is 9.59 Å². The average molecular weight is 340 g/mol. The van der Waals surface area contributed by atoms with E-state index < -0.39 is 0 Å². The Morgan fingerprint density at radius 1 is 1.32 bits per heavy atom. The molecule has 1 amide bonds. The monoisotopic (exact) mass is 340 g/mol. The quantitative estimate of drug-likeness (QED) is 0.871. The Hall–Kier alpha value is -2.50. The highest BCUT2D eigenvalue weighted by molar-refractivity contribution is 6.05. The number of nitrogens with one attached hydrogen (secondary N) is 1. The number of hydrogen-bond acceptors (Lipinski definition) is 4. The Balaban J connectivity index is 1.97. The van der Waals surface area contributed by atoms with E-state index in [9.17, 15) is 9.59 Å². The molecule has 0 aliphatic heterocycles. The zero-order valence-electron chi connectivity index (χ0n) is 15.0. The molecular weight excluding hydrogens is 316 g/mol. The molecule has 1 aliphatic carbocycles. The van der Waals surface area contributed by atoms with Gasteiger partial charge < -0.3 is 0 Å². The summed E-state index contributed by atoms with van der Waals surface area (Å²) < 4.78 is 1.35. The van der Waals surface area contributed by atoms with Gasteiger partial charge in [0, 0.05) is 11.1 Å². The summed E-state index contributed by atoms with van der Waals surface area (Å²) in [7, 11) is 0. The van der Waals surface area contributed by atoms with Crippen LogP contribution in [0.2, 0.25) is 0 Å². The van der Waals surface area contributed by atoms with Gasteiger partial charge in [-0.05, 0) is 51.5 Å². The number of carbonyl (C=O) groups is 1. The Labute approximate surface area is 146 Å². The van der Waals surface area contributed by atoms with E-state index in [4.69, 9.17) is 0 Å². The van der Waals surface area contributed by atoms with Gasteiger partial charge >= 0.3 is 0 Å². The van der Waals surface area contributed by atoms with Crippen LogP contribution in [0.3, 0.4) is 0 Å². The van der Waals surface area contributed by atoms with Crippen LogP contribution in [0.25, 0.3) is 10.8 Å². The summed E-state index contributed by atoms with van der Waals surface area (Å²) in [5, 5.41) is 9.66. The van der Waals surface area contributed by atoms with Crippen LogP contribution in [0.5, 0.6) is 0 Å². The minimum atomic E-state index is -0.378. The van der Waals surface area contributed by atoms with Gasteiger partial charge in [0.1, 0.15) is 0 Å². The summed E-state index contributed by atoms with van der Waals surface area (Å²) >= 11 is 0. The highest BCUT2D eigenvalue weighted by atomic mass is 16.2. The first-order valence-corrected chi connectivity index (χ1v) is 8.84. The zero-order chi connectivity index (χ0) is 18.0. The van der Waals surface area contributed by atoms with Gasteiger partial charge in [0.05, 0.1) is 11.4 Å². The number of fused-ring (bicyclic) bond motifs is 1. The van der Waals surface area contributed by atoms with Gasteiger partial charge in [-0.15, -0.1) is 0 Å². The molecule has 6 nitrogen and oxygen atoms in total. The van der Waals surface area contributed by atoms with Crippen LogP contribution in [0.1, 0.15) is 63.0 Å². The molecule has 1 atom stereocenters. The molecule has 132 valence electrons. The van der Waals surface area contributed by atoms with Crippen LogP contribution < -0.4 is 11.0 Å². The van der Waals surface area contributed by atoms with Crippen LogP contribution in [0.15, 0.2) is 34.2 Å². The topological polar surface area (TPSA) is 76.3 Å². The fraction of sp³-hybridized carbons (Fsp3) is 0.474. The second-order valence-electron chi connectivity index (χ2n) is 7.06. The van der Waals surface area contributed by atoms with E-state index in [-0.39, 0.29) is 23.2 Å². The highest BCUT2D eigenvalue weighted by Gasteiger charge is 2.19. The standard InChI is InChI=1S/C19H24N4O2/c1-12(2)23-19(25)16-10-5-4-9-15(16)17(22-23)18(24)21-20-14-8-6-7-13(3)11-14/h4-5,9-10,12-13H,6-8,11H2,1-3H3,(H,21,24)/b20-14-/t13-/m0/s1. The number of benzene rings is 1. The van der Waals surface area contributed by atoms with Crippen molar-refractivity contribution in [3.8, 4) is 0 Å². The third-order valence-electron chi connectivity index (χ3n) is 4.59. The first-order chi connectivity index (χ1) is 12.0. The SMILES string of the molecule is CC(C)n1nc(C(=O)N/N=C2/CCC[C@H](C)C2)c2ccccc2c1=O. The van der Waals surface area contributed by atoms with Crippen LogP contribution in [-0.2, 0) is 0 Å². The van der Waals surface area contributed by atoms with Gasteiger partial charge in [-0.1, -0.05) is 25.1 Å². The van der Waals surface area contributed by atoms with E-state index in [0.29, 0.717) is 16.7 Å². The Morgan fingerprint density at radius 2 is 2.04 bits per heavy atom. The number of hydrazone groups is 1. The Morgan fingerprint density at radius 3 is 2.72 bits per heavy atom. The summed E-state index contributed by atoms with van der Waals surface area (Å²) in [6, 6.07) is 6.94. The lowest BCUT2D eigenvalue weighted by atomic mass is 9.89. The van der Waals surface area contributed by atoms with Crippen LogP contribution in [0.4, 0.5) is 0 Å². The molecule has 25 heavy (non-hydrogen) atoms. The molecule has 1 N–H and O–H groups in total. The number of aromatic nitrogens is 2. The first-order valence-electron chi connectivity index (χ1n) is 8.84. The van der Waals surface area contributed by atoms with Crippen molar-refractivity contribution < 1.29 is 4.79 Å². The highest BCUT2D eigenvalue weighted by Crippen LogP contribution is 2.21. The van der Waals surface area contributed by atoms with E-state index in [1.807, 2.05) is 13.8 Å². The molecular formula is C19H24N4O2. The molecule has 1 aliphatic rings. The molecule has 1 fully saturated rings. The van der Waals surface area contributed by atoms with Crippen LogP contribution in [-0.4, -0.2) is 21.4 Å². The fourth-order valence-corrected chi connectivity index (χ4v) is 3.27. The largest absolute Gasteiger partial charge is 0.292 e. The van der Waals surface area contributed by atoms with Crippen molar-refractivity contribution in [1.29, 1.82) is 0 Å². The van der Waals surface area contributed by atoms with E-state index >= 15 is 0 Å². The maximum Gasteiger partial charge on any atom is 0.292 e. The van der Waals surface area contributed by atoms with E-state index in [0.717, 1.165) is 25.0 Å². The molecule has 3 rings (SSSR count). The van der Waals surface area contributed by atoms with Crippen molar-refractivity contribution in [2.45, 2.75) is 52.5 Å². The molecule has 0 bridgehead atoms. The lowest BCUT2D eigenvalue weighted by molar-refractivity contribution is 0.0948.